The summed E-state index contributed by atoms with van der Waals surface area (Å²) in [4.78, 5) is 25.2. The van der Waals surface area contributed by atoms with E-state index in [1.54, 1.807) is 23.9 Å². The minimum absolute atomic E-state index is 0.0805. The minimum Gasteiger partial charge on any atom is -0.324 e. The first-order valence-corrected chi connectivity index (χ1v) is 10.4. The summed E-state index contributed by atoms with van der Waals surface area (Å²) in [7, 11) is 0. The lowest BCUT2D eigenvalue weighted by molar-refractivity contribution is -0.385. The molecule has 9 heteroatoms. The molecule has 1 N–H and O–H groups in total. The van der Waals surface area contributed by atoms with Crippen LogP contribution in [0.1, 0.15) is 24.2 Å². The van der Waals surface area contributed by atoms with Gasteiger partial charge in [-0.1, -0.05) is 29.5 Å². The Labute approximate surface area is 180 Å². The van der Waals surface area contributed by atoms with Crippen LogP contribution >= 0.6 is 27.7 Å². The van der Waals surface area contributed by atoms with E-state index in [4.69, 9.17) is 0 Å². The Morgan fingerprint density at radius 2 is 1.90 bits per heavy atom. The summed E-state index contributed by atoms with van der Waals surface area (Å²) in [5, 5.41) is 18.3. The average molecular weight is 475 g/mol. The van der Waals surface area contributed by atoms with E-state index in [9.17, 15) is 14.9 Å². The van der Waals surface area contributed by atoms with Crippen molar-refractivity contribution in [1.82, 2.24) is 9.78 Å². The third-order valence-corrected chi connectivity index (χ3v) is 6.12. The number of carbonyl (C=O) groups is 1. The lowest BCUT2D eigenvalue weighted by Gasteiger charge is -2.15. The fourth-order valence-electron chi connectivity index (χ4n) is 2.71. The molecule has 0 spiro atoms. The number of nitrogens with zero attached hydrogens (tertiary/aromatic N) is 3. The van der Waals surface area contributed by atoms with E-state index >= 15 is 0 Å². The van der Waals surface area contributed by atoms with Crippen LogP contribution in [0.15, 0.2) is 62.9 Å². The molecule has 1 aromatic heterocycles. The van der Waals surface area contributed by atoms with E-state index in [2.05, 4.69) is 26.3 Å². The van der Waals surface area contributed by atoms with Gasteiger partial charge in [0.15, 0.2) is 0 Å². The molecule has 3 aromatic rings. The number of aromatic nitrogens is 2. The molecular weight excluding hydrogens is 456 g/mol. The molecule has 150 valence electrons. The van der Waals surface area contributed by atoms with Crippen molar-refractivity contribution in [2.45, 2.75) is 36.6 Å². The lowest BCUT2D eigenvalue weighted by Crippen LogP contribution is -2.25. The van der Waals surface area contributed by atoms with Crippen LogP contribution in [0.2, 0.25) is 0 Å². The predicted molar refractivity (Wildman–Crippen MR) is 116 cm³/mol. The smallest absolute Gasteiger partial charge is 0.272 e. The van der Waals surface area contributed by atoms with Crippen LogP contribution in [0.25, 0.3) is 0 Å². The fourth-order valence-corrected chi connectivity index (χ4v) is 3.90. The summed E-state index contributed by atoms with van der Waals surface area (Å²) < 4.78 is 2.41. The first kappa shape index (κ1) is 21.1. The molecule has 29 heavy (non-hydrogen) atoms. The SMILES string of the molecule is Cc1ccc(Sc2cc(NC(=O)C(C)n3ncc(Br)c3C)cc([N+](=O)[O-])c2)cc1. The van der Waals surface area contributed by atoms with Crippen LogP contribution in [0.3, 0.4) is 0 Å². The summed E-state index contributed by atoms with van der Waals surface area (Å²) in [6.45, 7) is 5.57. The van der Waals surface area contributed by atoms with Crippen LogP contribution in [-0.4, -0.2) is 20.6 Å². The predicted octanol–water partition coefficient (Wildman–Crippen LogP) is 5.52. The van der Waals surface area contributed by atoms with E-state index in [1.807, 2.05) is 38.1 Å². The van der Waals surface area contributed by atoms with Gasteiger partial charge < -0.3 is 5.32 Å². The number of non-ortho nitro benzene ring substituents is 1. The van der Waals surface area contributed by atoms with Crippen molar-refractivity contribution < 1.29 is 9.72 Å². The second kappa shape index (κ2) is 8.79. The highest BCUT2D eigenvalue weighted by Gasteiger charge is 2.20. The highest BCUT2D eigenvalue weighted by molar-refractivity contribution is 9.10. The van der Waals surface area contributed by atoms with Gasteiger partial charge in [0, 0.05) is 27.6 Å². The van der Waals surface area contributed by atoms with Crippen LogP contribution in [0, 0.1) is 24.0 Å². The Hall–Kier alpha value is -2.65. The molecule has 1 amide bonds. The maximum absolute atomic E-state index is 12.7. The Morgan fingerprint density at radius 3 is 2.48 bits per heavy atom. The van der Waals surface area contributed by atoms with E-state index < -0.39 is 11.0 Å². The number of nitrogens with one attached hydrogen (secondary N) is 1. The quantitative estimate of drug-likeness (QED) is 0.375. The summed E-state index contributed by atoms with van der Waals surface area (Å²) >= 11 is 4.78. The van der Waals surface area contributed by atoms with E-state index in [1.165, 1.54) is 23.9 Å². The number of halogens is 1. The van der Waals surface area contributed by atoms with Gasteiger partial charge in [0.25, 0.3) is 5.69 Å². The fraction of sp³-hybridized carbons (Fsp3) is 0.200. The van der Waals surface area contributed by atoms with Crippen molar-refractivity contribution in [3.05, 3.63) is 74.5 Å². The molecule has 0 aliphatic rings. The summed E-state index contributed by atoms with van der Waals surface area (Å²) in [6, 6.07) is 11.9. The van der Waals surface area contributed by atoms with Gasteiger partial charge in [-0.25, -0.2) is 0 Å². The van der Waals surface area contributed by atoms with Gasteiger partial charge >= 0.3 is 0 Å². The standard InChI is InChI=1S/C20H19BrN4O3S/c1-12-4-6-17(7-5-12)29-18-9-15(8-16(10-18)25(27)28)23-20(26)14(3)24-13(2)19(21)11-22-24/h4-11,14H,1-3H3,(H,23,26). The van der Waals surface area contributed by atoms with Crippen molar-refractivity contribution >= 4 is 45.0 Å². The number of rotatable bonds is 6. The number of benzene rings is 2. The van der Waals surface area contributed by atoms with E-state index in [0.717, 1.165) is 20.6 Å². The molecule has 0 aliphatic heterocycles. The highest BCUT2D eigenvalue weighted by Crippen LogP contribution is 2.33. The minimum atomic E-state index is -0.575. The molecule has 2 aromatic carbocycles. The number of hydrogen-bond acceptors (Lipinski definition) is 5. The van der Waals surface area contributed by atoms with Crippen molar-refractivity contribution in [1.29, 1.82) is 0 Å². The lowest BCUT2D eigenvalue weighted by atomic mass is 10.2. The normalized spacial score (nSPS) is 11.9. The topological polar surface area (TPSA) is 90.1 Å². The first-order valence-electron chi connectivity index (χ1n) is 8.79. The van der Waals surface area contributed by atoms with Crippen molar-refractivity contribution in [3.8, 4) is 0 Å². The number of anilines is 1. The van der Waals surface area contributed by atoms with Crippen LogP contribution in [0.4, 0.5) is 11.4 Å². The molecule has 0 fully saturated rings. The molecule has 1 heterocycles. The monoisotopic (exact) mass is 474 g/mol. The van der Waals surface area contributed by atoms with E-state index in [0.29, 0.717) is 10.6 Å². The largest absolute Gasteiger partial charge is 0.324 e. The first-order chi connectivity index (χ1) is 13.7. The summed E-state index contributed by atoms with van der Waals surface area (Å²) in [5.74, 6) is -0.310. The number of nitro groups is 1. The number of carbonyl (C=O) groups excluding carboxylic acids is 1. The third-order valence-electron chi connectivity index (χ3n) is 4.36. The number of hydrogen-bond donors (Lipinski definition) is 1. The van der Waals surface area contributed by atoms with Crippen LogP contribution in [-0.2, 0) is 4.79 Å². The van der Waals surface area contributed by atoms with Crippen molar-refractivity contribution in [2.24, 2.45) is 0 Å². The Bertz CT molecular complexity index is 1070. The van der Waals surface area contributed by atoms with Gasteiger partial charge in [-0.2, -0.15) is 5.10 Å². The highest BCUT2D eigenvalue weighted by atomic mass is 79.9. The third kappa shape index (κ3) is 5.04. The van der Waals surface area contributed by atoms with Gasteiger partial charge in [0.05, 0.1) is 21.3 Å². The zero-order chi connectivity index (χ0) is 21.1. The molecule has 3 rings (SSSR count). The second-order valence-corrected chi connectivity index (χ2v) is 8.58. The maximum atomic E-state index is 12.7. The Morgan fingerprint density at radius 1 is 1.21 bits per heavy atom. The van der Waals surface area contributed by atoms with Crippen LogP contribution < -0.4 is 5.32 Å². The summed E-state index contributed by atoms with van der Waals surface area (Å²) in [6.07, 6.45) is 1.63. The van der Waals surface area contributed by atoms with Crippen molar-refractivity contribution in [3.63, 3.8) is 0 Å². The molecule has 0 saturated heterocycles. The average Bonchev–Trinajstić information content (AvgIpc) is 3.01. The zero-order valence-electron chi connectivity index (χ0n) is 16.0. The van der Waals surface area contributed by atoms with Gasteiger partial charge in [0.1, 0.15) is 6.04 Å². The molecule has 1 atom stereocenters. The molecule has 1 unspecified atom stereocenters. The second-order valence-electron chi connectivity index (χ2n) is 6.58. The molecular formula is C20H19BrN4O3S. The number of nitro benzene ring substituents is 1. The molecule has 0 bridgehead atoms. The number of amides is 1. The molecule has 0 saturated carbocycles. The molecule has 7 nitrogen and oxygen atoms in total. The van der Waals surface area contributed by atoms with E-state index in [-0.39, 0.29) is 11.6 Å². The summed E-state index contributed by atoms with van der Waals surface area (Å²) in [5.41, 5.74) is 2.25. The zero-order valence-corrected chi connectivity index (χ0v) is 18.5. The van der Waals surface area contributed by atoms with Gasteiger partial charge in [-0.05, 0) is 54.9 Å². The Kier molecular flexibility index (Phi) is 6.39. The maximum Gasteiger partial charge on any atom is 0.272 e. The van der Waals surface area contributed by atoms with Gasteiger partial charge in [0.2, 0.25) is 5.91 Å². The van der Waals surface area contributed by atoms with Gasteiger partial charge in [-0.3, -0.25) is 19.6 Å². The van der Waals surface area contributed by atoms with Crippen LogP contribution in [0.5, 0.6) is 0 Å². The Balaban J connectivity index is 1.85. The molecule has 0 radical (unpaired) electrons. The van der Waals surface area contributed by atoms with Crippen molar-refractivity contribution in [2.75, 3.05) is 5.32 Å². The van der Waals surface area contributed by atoms with Gasteiger partial charge in [-0.15, -0.1) is 0 Å². The number of aryl methyl sites for hydroxylation is 1. The molecule has 0 aliphatic carbocycles.